The summed E-state index contributed by atoms with van der Waals surface area (Å²) in [5, 5.41) is 3.31. The van der Waals surface area contributed by atoms with Crippen molar-refractivity contribution in [2.75, 3.05) is 6.54 Å². The van der Waals surface area contributed by atoms with Gasteiger partial charge in [-0.25, -0.2) is 0 Å². The number of hydrogen-bond acceptors (Lipinski definition) is 2. The van der Waals surface area contributed by atoms with Crippen molar-refractivity contribution in [2.45, 2.75) is 12.5 Å². The predicted molar refractivity (Wildman–Crippen MR) is 49.7 cm³/mol. The standard InChI is InChI=1S/C10H12N2/c1-2-9(8-11-6-1)3-4-10-5-7-12-10/h1-4,6,8,10,12H,5,7H2. The molecule has 0 aliphatic carbocycles. The highest BCUT2D eigenvalue weighted by molar-refractivity contribution is 5.48. The van der Waals surface area contributed by atoms with Crippen LogP contribution in [0.2, 0.25) is 0 Å². The van der Waals surface area contributed by atoms with Crippen LogP contribution in [0, 0.1) is 0 Å². The first-order chi connectivity index (χ1) is 5.95. The molecule has 0 bridgehead atoms. The highest BCUT2D eigenvalue weighted by atomic mass is 15.0. The van der Waals surface area contributed by atoms with E-state index in [2.05, 4.69) is 28.5 Å². The van der Waals surface area contributed by atoms with E-state index in [0.29, 0.717) is 6.04 Å². The normalized spacial score (nSPS) is 22.5. The molecular weight excluding hydrogens is 148 g/mol. The maximum absolute atomic E-state index is 4.03. The molecule has 62 valence electrons. The molecule has 2 heteroatoms. The van der Waals surface area contributed by atoms with E-state index >= 15 is 0 Å². The number of pyridine rings is 1. The molecule has 1 N–H and O–H groups in total. The van der Waals surface area contributed by atoms with Crippen molar-refractivity contribution < 1.29 is 0 Å². The van der Waals surface area contributed by atoms with Gasteiger partial charge in [-0.2, -0.15) is 0 Å². The fourth-order valence-corrected chi connectivity index (χ4v) is 1.18. The molecule has 2 heterocycles. The molecule has 2 nitrogen and oxygen atoms in total. The summed E-state index contributed by atoms with van der Waals surface area (Å²) in [6.45, 7) is 1.15. The zero-order chi connectivity index (χ0) is 8.23. The van der Waals surface area contributed by atoms with E-state index in [9.17, 15) is 0 Å². The highest BCUT2D eigenvalue weighted by Crippen LogP contribution is 2.06. The zero-order valence-electron chi connectivity index (χ0n) is 6.90. The number of nitrogens with zero attached hydrogens (tertiary/aromatic N) is 1. The van der Waals surface area contributed by atoms with Crippen LogP contribution in [0.25, 0.3) is 6.08 Å². The van der Waals surface area contributed by atoms with Gasteiger partial charge in [0.15, 0.2) is 0 Å². The summed E-state index contributed by atoms with van der Waals surface area (Å²) in [4.78, 5) is 4.03. The van der Waals surface area contributed by atoms with Gasteiger partial charge in [-0.05, 0) is 24.6 Å². The van der Waals surface area contributed by atoms with Gasteiger partial charge in [0.2, 0.25) is 0 Å². The lowest BCUT2D eigenvalue weighted by Crippen LogP contribution is -2.40. The molecule has 12 heavy (non-hydrogen) atoms. The second-order valence-corrected chi connectivity index (χ2v) is 2.99. The van der Waals surface area contributed by atoms with Crippen LogP contribution in [0.4, 0.5) is 0 Å². The number of rotatable bonds is 2. The van der Waals surface area contributed by atoms with Crippen LogP contribution >= 0.6 is 0 Å². The van der Waals surface area contributed by atoms with Crippen molar-refractivity contribution in [3.8, 4) is 0 Å². The van der Waals surface area contributed by atoms with Crippen molar-refractivity contribution in [1.29, 1.82) is 0 Å². The average Bonchev–Trinajstić information content (AvgIpc) is 2.04. The van der Waals surface area contributed by atoms with Crippen LogP contribution in [0.3, 0.4) is 0 Å². The summed E-state index contributed by atoms with van der Waals surface area (Å²) in [5.74, 6) is 0. The minimum atomic E-state index is 0.588. The molecule has 1 fully saturated rings. The van der Waals surface area contributed by atoms with Gasteiger partial charge < -0.3 is 5.32 Å². The van der Waals surface area contributed by atoms with Gasteiger partial charge in [0.25, 0.3) is 0 Å². The zero-order valence-corrected chi connectivity index (χ0v) is 6.90. The molecule has 1 atom stereocenters. The van der Waals surface area contributed by atoms with Crippen molar-refractivity contribution >= 4 is 6.08 Å². The van der Waals surface area contributed by atoms with E-state index in [1.807, 2.05) is 12.3 Å². The largest absolute Gasteiger partial charge is 0.310 e. The molecule has 0 amide bonds. The van der Waals surface area contributed by atoms with Crippen molar-refractivity contribution in [3.63, 3.8) is 0 Å². The van der Waals surface area contributed by atoms with Gasteiger partial charge in [-0.1, -0.05) is 18.2 Å². The Balaban J connectivity index is 1.98. The van der Waals surface area contributed by atoms with E-state index in [4.69, 9.17) is 0 Å². The Morgan fingerprint density at radius 3 is 3.08 bits per heavy atom. The summed E-state index contributed by atoms with van der Waals surface area (Å²) in [6.07, 6.45) is 9.23. The van der Waals surface area contributed by atoms with Gasteiger partial charge >= 0.3 is 0 Å². The molecular formula is C10H12N2. The van der Waals surface area contributed by atoms with Gasteiger partial charge in [0.05, 0.1) is 0 Å². The summed E-state index contributed by atoms with van der Waals surface area (Å²) < 4.78 is 0. The molecule has 0 radical (unpaired) electrons. The third-order valence-electron chi connectivity index (χ3n) is 2.07. The monoisotopic (exact) mass is 160 g/mol. The Morgan fingerprint density at radius 1 is 1.58 bits per heavy atom. The lowest BCUT2D eigenvalue weighted by Gasteiger charge is -2.23. The molecule has 1 aliphatic rings. The lowest BCUT2D eigenvalue weighted by molar-refractivity contribution is 0.438. The van der Waals surface area contributed by atoms with E-state index in [1.165, 1.54) is 12.0 Å². The quantitative estimate of drug-likeness (QED) is 0.708. The summed E-state index contributed by atoms with van der Waals surface area (Å²) in [7, 11) is 0. The topological polar surface area (TPSA) is 24.9 Å². The van der Waals surface area contributed by atoms with Crippen molar-refractivity contribution in [1.82, 2.24) is 10.3 Å². The Hall–Kier alpha value is -1.15. The Labute approximate surface area is 72.3 Å². The smallest absolute Gasteiger partial charge is 0.0340 e. The second kappa shape index (κ2) is 3.50. The lowest BCUT2D eigenvalue weighted by atomic mass is 10.1. The van der Waals surface area contributed by atoms with E-state index in [1.54, 1.807) is 6.20 Å². The molecule has 1 aromatic heterocycles. The molecule has 1 aromatic rings. The fourth-order valence-electron chi connectivity index (χ4n) is 1.18. The van der Waals surface area contributed by atoms with E-state index < -0.39 is 0 Å². The van der Waals surface area contributed by atoms with E-state index in [0.717, 1.165) is 6.54 Å². The summed E-state index contributed by atoms with van der Waals surface area (Å²) in [5.41, 5.74) is 1.17. The number of aromatic nitrogens is 1. The van der Waals surface area contributed by atoms with Crippen molar-refractivity contribution in [3.05, 3.63) is 36.2 Å². The van der Waals surface area contributed by atoms with Crippen LogP contribution in [0.15, 0.2) is 30.6 Å². The van der Waals surface area contributed by atoms with Crippen LogP contribution < -0.4 is 5.32 Å². The predicted octanol–water partition coefficient (Wildman–Crippen LogP) is 1.46. The molecule has 0 aromatic carbocycles. The average molecular weight is 160 g/mol. The molecule has 0 spiro atoms. The number of nitrogens with one attached hydrogen (secondary N) is 1. The molecule has 1 unspecified atom stereocenters. The highest BCUT2D eigenvalue weighted by Gasteiger charge is 2.11. The molecule has 2 rings (SSSR count). The van der Waals surface area contributed by atoms with Gasteiger partial charge in [-0.15, -0.1) is 0 Å². The van der Waals surface area contributed by atoms with Gasteiger partial charge in [0, 0.05) is 18.4 Å². The third-order valence-corrected chi connectivity index (χ3v) is 2.07. The molecule has 1 saturated heterocycles. The Morgan fingerprint density at radius 2 is 2.50 bits per heavy atom. The van der Waals surface area contributed by atoms with Crippen LogP contribution in [-0.2, 0) is 0 Å². The molecule has 1 aliphatic heterocycles. The minimum absolute atomic E-state index is 0.588. The third kappa shape index (κ3) is 1.71. The summed E-state index contributed by atoms with van der Waals surface area (Å²) >= 11 is 0. The number of hydrogen-bond donors (Lipinski definition) is 1. The first-order valence-electron chi connectivity index (χ1n) is 4.27. The van der Waals surface area contributed by atoms with Crippen molar-refractivity contribution in [2.24, 2.45) is 0 Å². The maximum atomic E-state index is 4.03. The minimum Gasteiger partial charge on any atom is -0.310 e. The Kier molecular flexibility index (Phi) is 2.19. The molecule has 0 saturated carbocycles. The SMILES string of the molecule is C(=CC1CCN1)c1cccnc1. The van der Waals surface area contributed by atoms with Crippen LogP contribution in [-0.4, -0.2) is 17.6 Å². The Bertz CT molecular complexity index is 262. The maximum Gasteiger partial charge on any atom is 0.0340 e. The summed E-state index contributed by atoms with van der Waals surface area (Å²) in [6, 6.07) is 4.60. The van der Waals surface area contributed by atoms with Crippen LogP contribution in [0.5, 0.6) is 0 Å². The first kappa shape index (κ1) is 7.50. The van der Waals surface area contributed by atoms with Gasteiger partial charge in [-0.3, -0.25) is 4.98 Å². The second-order valence-electron chi connectivity index (χ2n) is 2.99. The van der Waals surface area contributed by atoms with E-state index in [-0.39, 0.29) is 0 Å². The van der Waals surface area contributed by atoms with Gasteiger partial charge in [0.1, 0.15) is 0 Å². The first-order valence-corrected chi connectivity index (χ1v) is 4.27. The van der Waals surface area contributed by atoms with Crippen LogP contribution in [0.1, 0.15) is 12.0 Å². The fraction of sp³-hybridized carbons (Fsp3) is 0.300.